The van der Waals surface area contributed by atoms with E-state index in [2.05, 4.69) is 0 Å². The molecule has 0 saturated carbocycles. The van der Waals surface area contributed by atoms with Gasteiger partial charge in [0, 0.05) is 5.02 Å². The van der Waals surface area contributed by atoms with Crippen molar-refractivity contribution in [3.8, 4) is 17.6 Å². The molecule has 2 aromatic rings. The van der Waals surface area contributed by atoms with Gasteiger partial charge in [0.2, 0.25) is 0 Å². The van der Waals surface area contributed by atoms with Crippen LogP contribution in [0.3, 0.4) is 0 Å². The van der Waals surface area contributed by atoms with Gasteiger partial charge in [-0.15, -0.1) is 0 Å². The molecule has 0 aliphatic heterocycles. The van der Waals surface area contributed by atoms with Gasteiger partial charge in [-0.1, -0.05) is 23.7 Å². The Kier molecular flexibility index (Phi) is 5.40. The average molecular weight is 345 g/mol. The van der Waals surface area contributed by atoms with Crippen molar-refractivity contribution >= 4 is 28.9 Å². The Bertz CT molecular complexity index is 856. The molecule has 0 amide bonds. The van der Waals surface area contributed by atoms with Crippen LogP contribution in [-0.2, 0) is 0 Å². The molecule has 0 aromatic heterocycles. The summed E-state index contributed by atoms with van der Waals surface area (Å²) in [5.41, 5.74) is 0.846. The summed E-state index contributed by atoms with van der Waals surface area (Å²) in [4.78, 5) is 10.8. The van der Waals surface area contributed by atoms with Crippen LogP contribution < -0.4 is 9.47 Å². The predicted octanol–water partition coefficient (Wildman–Crippen LogP) is 4.33. The van der Waals surface area contributed by atoms with Gasteiger partial charge in [-0.3, -0.25) is 10.1 Å². The van der Waals surface area contributed by atoms with Crippen molar-refractivity contribution in [2.45, 2.75) is 0 Å². The highest BCUT2D eigenvalue weighted by Gasteiger charge is 2.19. The standard InChI is InChI=1S/C17H13ClN2O4/c1-23-16-8-12(15(20(21)22)9-17(16)24-2)6-13(10-19)11-4-3-5-14(18)7-11/h3-9H,1-2H3/b13-6+. The van der Waals surface area contributed by atoms with Gasteiger partial charge < -0.3 is 9.47 Å². The number of methoxy groups -OCH3 is 2. The molecule has 2 rings (SSSR count). The van der Waals surface area contributed by atoms with E-state index in [4.69, 9.17) is 21.1 Å². The van der Waals surface area contributed by atoms with E-state index in [9.17, 15) is 15.4 Å². The maximum absolute atomic E-state index is 11.3. The van der Waals surface area contributed by atoms with Crippen molar-refractivity contribution < 1.29 is 14.4 Å². The third-order valence-electron chi connectivity index (χ3n) is 3.29. The molecular formula is C17H13ClN2O4. The fourth-order valence-corrected chi connectivity index (χ4v) is 2.34. The number of rotatable bonds is 5. The Hall–Kier alpha value is -3.04. The fourth-order valence-electron chi connectivity index (χ4n) is 2.15. The summed E-state index contributed by atoms with van der Waals surface area (Å²) >= 11 is 5.94. The molecule has 0 bridgehead atoms. The number of allylic oxidation sites excluding steroid dienone is 1. The van der Waals surface area contributed by atoms with Crippen LogP contribution in [0.25, 0.3) is 11.6 Å². The Labute approximate surface area is 143 Å². The van der Waals surface area contributed by atoms with Crippen molar-refractivity contribution in [2.75, 3.05) is 14.2 Å². The first-order valence-corrected chi connectivity index (χ1v) is 7.16. The molecule has 2 aromatic carbocycles. The minimum Gasteiger partial charge on any atom is -0.493 e. The van der Waals surface area contributed by atoms with E-state index in [0.717, 1.165) is 0 Å². The largest absolute Gasteiger partial charge is 0.493 e. The Morgan fingerprint density at radius 2 is 1.92 bits per heavy atom. The smallest absolute Gasteiger partial charge is 0.280 e. The van der Waals surface area contributed by atoms with Crippen LogP contribution in [0, 0.1) is 21.4 Å². The monoisotopic (exact) mass is 344 g/mol. The Morgan fingerprint density at radius 3 is 2.46 bits per heavy atom. The molecule has 0 spiro atoms. The quantitative estimate of drug-likeness (QED) is 0.349. The van der Waals surface area contributed by atoms with Crippen molar-refractivity contribution in [1.29, 1.82) is 5.26 Å². The highest BCUT2D eigenvalue weighted by atomic mass is 35.5. The van der Waals surface area contributed by atoms with Crippen molar-refractivity contribution in [3.63, 3.8) is 0 Å². The number of nitro groups is 1. The van der Waals surface area contributed by atoms with Gasteiger partial charge in [-0.25, -0.2) is 0 Å². The van der Waals surface area contributed by atoms with E-state index in [1.165, 1.54) is 32.4 Å². The number of nitro benzene ring substituents is 1. The molecule has 0 N–H and O–H groups in total. The molecular weight excluding hydrogens is 332 g/mol. The normalized spacial score (nSPS) is 10.8. The van der Waals surface area contributed by atoms with Crippen LogP contribution in [0.1, 0.15) is 11.1 Å². The van der Waals surface area contributed by atoms with E-state index in [-0.39, 0.29) is 22.6 Å². The average Bonchev–Trinajstić information content (AvgIpc) is 2.58. The maximum Gasteiger partial charge on any atom is 0.280 e. The van der Waals surface area contributed by atoms with Gasteiger partial charge >= 0.3 is 0 Å². The van der Waals surface area contributed by atoms with Crippen LogP contribution in [0.5, 0.6) is 11.5 Å². The van der Waals surface area contributed by atoms with Gasteiger partial charge in [0.25, 0.3) is 5.69 Å². The Morgan fingerprint density at radius 1 is 1.25 bits per heavy atom. The zero-order chi connectivity index (χ0) is 17.7. The highest BCUT2D eigenvalue weighted by Crippen LogP contribution is 2.36. The number of hydrogen-bond acceptors (Lipinski definition) is 5. The van der Waals surface area contributed by atoms with E-state index in [1.807, 2.05) is 6.07 Å². The third kappa shape index (κ3) is 3.65. The van der Waals surface area contributed by atoms with E-state index < -0.39 is 4.92 Å². The molecule has 6 nitrogen and oxygen atoms in total. The zero-order valence-electron chi connectivity index (χ0n) is 12.9. The predicted molar refractivity (Wildman–Crippen MR) is 91.1 cm³/mol. The summed E-state index contributed by atoms with van der Waals surface area (Å²) in [6, 6.07) is 11.4. The fraction of sp³-hybridized carbons (Fsp3) is 0.118. The number of nitrogens with zero attached hydrogens (tertiary/aromatic N) is 2. The first kappa shape index (κ1) is 17.3. The lowest BCUT2D eigenvalue weighted by Gasteiger charge is -2.09. The first-order chi connectivity index (χ1) is 11.5. The van der Waals surface area contributed by atoms with E-state index >= 15 is 0 Å². The molecule has 0 radical (unpaired) electrons. The van der Waals surface area contributed by atoms with E-state index in [1.54, 1.807) is 24.3 Å². The molecule has 0 saturated heterocycles. The molecule has 7 heteroatoms. The second kappa shape index (κ2) is 7.49. The molecule has 0 aliphatic rings. The van der Waals surface area contributed by atoms with Crippen molar-refractivity contribution in [1.82, 2.24) is 0 Å². The molecule has 0 unspecified atom stereocenters. The summed E-state index contributed by atoms with van der Waals surface area (Å²) < 4.78 is 10.3. The van der Waals surface area contributed by atoms with Crippen LogP contribution in [0.15, 0.2) is 36.4 Å². The summed E-state index contributed by atoms with van der Waals surface area (Å²) in [6.45, 7) is 0. The SMILES string of the molecule is COc1cc(/C=C(\C#N)c2cccc(Cl)c2)c([N+](=O)[O-])cc1OC. The van der Waals surface area contributed by atoms with Gasteiger partial charge in [-0.05, 0) is 29.8 Å². The Balaban J connectivity index is 2.65. The summed E-state index contributed by atoms with van der Waals surface area (Å²) in [5, 5.41) is 21.2. The minimum atomic E-state index is -0.541. The summed E-state index contributed by atoms with van der Waals surface area (Å²) in [7, 11) is 2.82. The van der Waals surface area contributed by atoms with Crippen molar-refractivity contribution in [3.05, 3.63) is 62.7 Å². The second-order valence-corrected chi connectivity index (χ2v) is 5.14. The van der Waals surface area contributed by atoms with Crippen LogP contribution >= 0.6 is 11.6 Å². The lowest BCUT2D eigenvalue weighted by Crippen LogP contribution is -1.97. The minimum absolute atomic E-state index is 0.192. The number of hydrogen-bond donors (Lipinski definition) is 0. The molecule has 0 atom stereocenters. The maximum atomic E-state index is 11.3. The number of ether oxygens (including phenoxy) is 2. The zero-order valence-corrected chi connectivity index (χ0v) is 13.7. The molecule has 24 heavy (non-hydrogen) atoms. The first-order valence-electron chi connectivity index (χ1n) is 6.78. The highest BCUT2D eigenvalue weighted by molar-refractivity contribution is 6.30. The van der Waals surface area contributed by atoms with Gasteiger partial charge in [-0.2, -0.15) is 5.26 Å². The lowest BCUT2D eigenvalue weighted by molar-refractivity contribution is -0.385. The summed E-state index contributed by atoms with van der Waals surface area (Å²) in [6.07, 6.45) is 1.42. The van der Waals surface area contributed by atoms with Gasteiger partial charge in [0.05, 0.1) is 42.4 Å². The number of halogens is 1. The molecule has 0 heterocycles. The van der Waals surface area contributed by atoms with Crippen LogP contribution in [-0.4, -0.2) is 19.1 Å². The van der Waals surface area contributed by atoms with Crippen LogP contribution in [0.4, 0.5) is 5.69 Å². The molecule has 122 valence electrons. The molecule has 0 fully saturated rings. The molecule has 0 aliphatic carbocycles. The third-order valence-corrected chi connectivity index (χ3v) is 3.52. The van der Waals surface area contributed by atoms with Crippen molar-refractivity contribution in [2.24, 2.45) is 0 Å². The topological polar surface area (TPSA) is 85.4 Å². The van der Waals surface area contributed by atoms with Crippen LogP contribution in [0.2, 0.25) is 5.02 Å². The number of benzene rings is 2. The van der Waals surface area contributed by atoms with E-state index in [0.29, 0.717) is 16.3 Å². The lowest BCUT2D eigenvalue weighted by atomic mass is 10.0. The van der Waals surface area contributed by atoms with Gasteiger partial charge in [0.15, 0.2) is 11.5 Å². The van der Waals surface area contributed by atoms with Gasteiger partial charge in [0.1, 0.15) is 0 Å². The number of nitriles is 1. The summed E-state index contributed by atoms with van der Waals surface area (Å²) in [5.74, 6) is 0.570. The second-order valence-electron chi connectivity index (χ2n) is 4.70.